The van der Waals surface area contributed by atoms with Crippen LogP contribution in [-0.4, -0.2) is 55.3 Å². The number of hydrogen-bond donors (Lipinski definition) is 1. The Bertz CT molecular complexity index is 766. The number of tetrazole rings is 1. The lowest BCUT2D eigenvalue weighted by atomic mass is 10.0. The van der Waals surface area contributed by atoms with Crippen LogP contribution in [0.1, 0.15) is 19.3 Å². The molecular formula is C15H17ClN6O2S. The van der Waals surface area contributed by atoms with Gasteiger partial charge in [-0.3, -0.25) is 9.59 Å². The van der Waals surface area contributed by atoms with Gasteiger partial charge in [-0.25, -0.2) is 0 Å². The summed E-state index contributed by atoms with van der Waals surface area (Å²) < 4.78 is 1.54. The number of thioether (sulfide) groups is 1. The van der Waals surface area contributed by atoms with Crippen molar-refractivity contribution in [2.75, 3.05) is 12.3 Å². The number of aromatic nitrogens is 4. The number of nitrogens with two attached hydrogens (primary N) is 1. The van der Waals surface area contributed by atoms with Crippen LogP contribution in [0.2, 0.25) is 5.02 Å². The van der Waals surface area contributed by atoms with Gasteiger partial charge in [-0.1, -0.05) is 23.4 Å². The lowest BCUT2D eigenvalue weighted by Crippen LogP contribution is -2.51. The number of carbonyl (C=O) groups is 2. The Labute approximate surface area is 153 Å². The van der Waals surface area contributed by atoms with E-state index in [2.05, 4.69) is 15.5 Å². The van der Waals surface area contributed by atoms with Crippen molar-refractivity contribution in [3.63, 3.8) is 0 Å². The molecule has 3 rings (SSSR count). The number of amides is 2. The quantitative estimate of drug-likeness (QED) is 0.783. The smallest absolute Gasteiger partial charge is 0.240 e. The molecule has 2 amide bonds. The van der Waals surface area contributed by atoms with Gasteiger partial charge in [0.1, 0.15) is 6.04 Å². The molecule has 0 radical (unpaired) electrons. The van der Waals surface area contributed by atoms with Crippen LogP contribution in [0.15, 0.2) is 29.4 Å². The molecule has 1 aliphatic heterocycles. The Morgan fingerprint density at radius 1 is 1.28 bits per heavy atom. The first-order valence-corrected chi connectivity index (χ1v) is 9.18. The van der Waals surface area contributed by atoms with Crippen LogP contribution in [0, 0.1) is 0 Å². The van der Waals surface area contributed by atoms with Gasteiger partial charge in [0, 0.05) is 11.6 Å². The first-order valence-electron chi connectivity index (χ1n) is 7.82. The van der Waals surface area contributed by atoms with Gasteiger partial charge < -0.3 is 10.6 Å². The molecule has 1 atom stereocenters. The summed E-state index contributed by atoms with van der Waals surface area (Å²) in [6.45, 7) is 0.551. The summed E-state index contributed by atoms with van der Waals surface area (Å²) in [5, 5.41) is 12.7. The molecule has 1 aromatic heterocycles. The molecule has 1 aromatic carbocycles. The van der Waals surface area contributed by atoms with Gasteiger partial charge in [-0.05, 0) is 54.0 Å². The number of benzene rings is 1. The zero-order valence-electron chi connectivity index (χ0n) is 13.3. The van der Waals surface area contributed by atoms with Crippen LogP contribution < -0.4 is 5.73 Å². The molecule has 0 saturated carbocycles. The van der Waals surface area contributed by atoms with Gasteiger partial charge in [0.05, 0.1) is 11.4 Å². The molecule has 25 heavy (non-hydrogen) atoms. The van der Waals surface area contributed by atoms with Crippen molar-refractivity contribution in [1.82, 2.24) is 25.1 Å². The Morgan fingerprint density at radius 2 is 2.04 bits per heavy atom. The van der Waals surface area contributed by atoms with E-state index in [0.717, 1.165) is 18.5 Å². The molecule has 2 aromatic rings. The number of rotatable bonds is 5. The Morgan fingerprint density at radius 3 is 2.76 bits per heavy atom. The molecule has 0 spiro atoms. The maximum absolute atomic E-state index is 12.5. The van der Waals surface area contributed by atoms with Gasteiger partial charge in [-0.15, -0.1) is 5.10 Å². The first kappa shape index (κ1) is 17.7. The number of likely N-dealkylation sites (tertiary alicyclic amines) is 1. The lowest BCUT2D eigenvalue weighted by Gasteiger charge is -2.33. The SMILES string of the molecule is NC(=O)[C@@H]1CCCCN1C(=O)CSc1nnnn1-c1ccc(Cl)cc1. The maximum atomic E-state index is 12.5. The number of carbonyl (C=O) groups excluding carboxylic acids is 2. The highest BCUT2D eigenvalue weighted by Gasteiger charge is 2.30. The van der Waals surface area contributed by atoms with Crippen LogP contribution in [0.25, 0.3) is 5.69 Å². The molecule has 0 aliphatic carbocycles. The van der Waals surface area contributed by atoms with E-state index in [1.165, 1.54) is 16.4 Å². The largest absolute Gasteiger partial charge is 0.368 e. The van der Waals surface area contributed by atoms with Crippen molar-refractivity contribution in [2.24, 2.45) is 5.73 Å². The Kier molecular flexibility index (Phi) is 5.54. The van der Waals surface area contributed by atoms with E-state index in [1.807, 2.05) is 0 Å². The third-order valence-corrected chi connectivity index (χ3v) is 5.14. The summed E-state index contributed by atoms with van der Waals surface area (Å²) in [6.07, 6.45) is 2.40. The van der Waals surface area contributed by atoms with Crippen LogP contribution in [-0.2, 0) is 9.59 Å². The molecule has 2 heterocycles. The monoisotopic (exact) mass is 380 g/mol. The molecule has 2 N–H and O–H groups in total. The molecule has 0 bridgehead atoms. The average Bonchev–Trinajstić information content (AvgIpc) is 3.09. The van der Waals surface area contributed by atoms with Crippen molar-refractivity contribution in [1.29, 1.82) is 0 Å². The van der Waals surface area contributed by atoms with Gasteiger partial charge in [0.15, 0.2) is 0 Å². The van der Waals surface area contributed by atoms with Crippen molar-refractivity contribution >= 4 is 35.2 Å². The Balaban J connectivity index is 1.68. The molecular weight excluding hydrogens is 364 g/mol. The van der Waals surface area contributed by atoms with Crippen molar-refractivity contribution in [2.45, 2.75) is 30.5 Å². The fraction of sp³-hybridized carbons (Fsp3) is 0.400. The summed E-state index contributed by atoms with van der Waals surface area (Å²) in [5.41, 5.74) is 6.16. The lowest BCUT2D eigenvalue weighted by molar-refractivity contribution is -0.138. The van der Waals surface area contributed by atoms with Crippen LogP contribution in [0.5, 0.6) is 0 Å². The number of hydrogen-bond acceptors (Lipinski definition) is 6. The summed E-state index contributed by atoms with van der Waals surface area (Å²) in [5.74, 6) is -0.458. The van der Waals surface area contributed by atoms with Crippen molar-refractivity contribution in [3.8, 4) is 5.69 Å². The maximum Gasteiger partial charge on any atom is 0.240 e. The number of primary amides is 1. The van der Waals surface area contributed by atoms with Gasteiger partial charge in [-0.2, -0.15) is 4.68 Å². The van der Waals surface area contributed by atoms with Crippen molar-refractivity contribution in [3.05, 3.63) is 29.3 Å². The van der Waals surface area contributed by atoms with E-state index in [1.54, 1.807) is 29.2 Å². The topological polar surface area (TPSA) is 107 Å². The first-order chi connectivity index (χ1) is 12.1. The van der Waals surface area contributed by atoms with E-state index in [0.29, 0.717) is 23.1 Å². The third-order valence-electron chi connectivity index (χ3n) is 3.99. The van der Waals surface area contributed by atoms with Crippen LogP contribution in [0.3, 0.4) is 0 Å². The van der Waals surface area contributed by atoms with E-state index in [-0.39, 0.29) is 11.7 Å². The fourth-order valence-corrected chi connectivity index (χ4v) is 3.65. The summed E-state index contributed by atoms with van der Waals surface area (Å²) in [4.78, 5) is 25.6. The van der Waals surface area contributed by atoms with E-state index in [4.69, 9.17) is 17.3 Å². The predicted octanol–water partition coefficient (Wildman–Crippen LogP) is 1.27. The number of halogens is 1. The summed E-state index contributed by atoms with van der Waals surface area (Å²) in [6, 6.07) is 6.54. The van der Waals surface area contributed by atoms with E-state index < -0.39 is 11.9 Å². The molecule has 10 heteroatoms. The molecule has 0 unspecified atom stereocenters. The molecule has 1 aliphatic rings. The zero-order chi connectivity index (χ0) is 17.8. The zero-order valence-corrected chi connectivity index (χ0v) is 14.9. The van der Waals surface area contributed by atoms with Crippen molar-refractivity contribution < 1.29 is 9.59 Å². The second-order valence-electron chi connectivity index (χ2n) is 5.64. The molecule has 8 nitrogen and oxygen atoms in total. The molecule has 1 saturated heterocycles. The van der Waals surface area contributed by atoms with E-state index in [9.17, 15) is 9.59 Å². The Hall–Kier alpha value is -2.13. The van der Waals surface area contributed by atoms with Gasteiger partial charge in [0.25, 0.3) is 0 Å². The normalized spacial score (nSPS) is 17.5. The van der Waals surface area contributed by atoms with Gasteiger partial charge >= 0.3 is 0 Å². The minimum Gasteiger partial charge on any atom is -0.368 e. The highest BCUT2D eigenvalue weighted by Crippen LogP contribution is 2.22. The van der Waals surface area contributed by atoms with Crippen LogP contribution in [0.4, 0.5) is 0 Å². The van der Waals surface area contributed by atoms with Crippen LogP contribution >= 0.6 is 23.4 Å². The summed E-state index contributed by atoms with van der Waals surface area (Å²) in [7, 11) is 0. The number of nitrogens with zero attached hydrogens (tertiary/aromatic N) is 5. The third kappa shape index (κ3) is 4.10. The highest BCUT2D eigenvalue weighted by molar-refractivity contribution is 7.99. The van der Waals surface area contributed by atoms with Gasteiger partial charge in [0.2, 0.25) is 17.0 Å². The highest BCUT2D eigenvalue weighted by atomic mass is 35.5. The standard InChI is InChI=1S/C15H17ClN6O2S/c16-10-4-6-11(7-5-10)22-15(18-19-20-22)25-9-13(23)21-8-2-1-3-12(21)14(17)24/h4-7,12H,1-3,8-9H2,(H2,17,24)/t12-/m0/s1. The minimum atomic E-state index is -0.519. The summed E-state index contributed by atoms with van der Waals surface area (Å²) >= 11 is 7.11. The minimum absolute atomic E-state index is 0.137. The van der Waals surface area contributed by atoms with E-state index >= 15 is 0 Å². The second kappa shape index (κ2) is 7.83. The second-order valence-corrected chi connectivity index (χ2v) is 7.02. The fourth-order valence-electron chi connectivity index (χ4n) is 2.75. The predicted molar refractivity (Wildman–Crippen MR) is 93.4 cm³/mol. The molecule has 132 valence electrons. The molecule has 1 fully saturated rings. The number of piperidine rings is 1. The average molecular weight is 381 g/mol.